The summed E-state index contributed by atoms with van der Waals surface area (Å²) in [5.74, 6) is -0.371. The highest BCUT2D eigenvalue weighted by Gasteiger charge is 2.29. The van der Waals surface area contributed by atoms with Crippen LogP contribution in [0.4, 0.5) is 0 Å². The molecule has 2 rings (SSSR count). The summed E-state index contributed by atoms with van der Waals surface area (Å²) in [6, 6.07) is 6.40. The minimum Gasteiger partial charge on any atom is -0.383 e. The number of carbonyl (C=O) groups is 1. The van der Waals surface area contributed by atoms with Gasteiger partial charge >= 0.3 is 0 Å². The summed E-state index contributed by atoms with van der Waals surface area (Å²) in [5, 5.41) is 5.89. The molecule has 0 saturated carbocycles. The highest BCUT2D eigenvalue weighted by atomic mass is 35.5. The van der Waals surface area contributed by atoms with Crippen LogP contribution in [0.5, 0.6) is 0 Å². The van der Waals surface area contributed by atoms with Crippen molar-refractivity contribution in [3.8, 4) is 0 Å². The van der Waals surface area contributed by atoms with Crippen LogP contribution in [0.15, 0.2) is 29.2 Å². The van der Waals surface area contributed by atoms with Crippen molar-refractivity contribution >= 4 is 28.3 Å². The van der Waals surface area contributed by atoms with Crippen LogP contribution in [0, 0.1) is 0 Å². The molecule has 7 nitrogen and oxygen atoms in total. The number of nitrogens with one attached hydrogen (secondary N) is 2. The smallest absolute Gasteiger partial charge is 0.252 e. The average molecular weight is 406 g/mol. The Balaban J connectivity index is 0.00000338. The predicted molar refractivity (Wildman–Crippen MR) is 103 cm³/mol. The number of benzene rings is 1. The third-order valence-corrected chi connectivity index (χ3v) is 6.09. The number of nitrogens with zero attached hydrogens (tertiary/aromatic N) is 1. The Kier molecular flexibility index (Phi) is 10.1. The van der Waals surface area contributed by atoms with Crippen LogP contribution in [-0.2, 0) is 14.8 Å². The molecule has 9 heteroatoms. The average Bonchev–Trinajstić information content (AvgIpc) is 2.65. The summed E-state index contributed by atoms with van der Waals surface area (Å²) in [5.41, 5.74) is 0.199. The van der Waals surface area contributed by atoms with E-state index in [0.717, 1.165) is 19.3 Å². The molecule has 148 valence electrons. The standard InChI is InChI=1S/C17H27N3O4S.ClH/c1-24-14-11-18-9-10-19-17(21)15-7-3-4-8-16(15)25(22,23)20-12-5-2-6-13-20;/h3-4,7-8,18H,2,5-6,9-14H2,1H3,(H,19,21);1H. The second-order valence-corrected chi connectivity index (χ2v) is 7.87. The number of ether oxygens (including phenoxy) is 1. The van der Waals surface area contributed by atoms with Crippen molar-refractivity contribution in [3.63, 3.8) is 0 Å². The topological polar surface area (TPSA) is 87.7 Å². The fourth-order valence-electron chi connectivity index (χ4n) is 2.78. The molecule has 0 atom stereocenters. The number of sulfonamides is 1. The van der Waals surface area contributed by atoms with E-state index in [1.54, 1.807) is 25.3 Å². The molecule has 1 fully saturated rings. The van der Waals surface area contributed by atoms with Gasteiger partial charge in [0.2, 0.25) is 10.0 Å². The largest absolute Gasteiger partial charge is 0.383 e. The molecule has 26 heavy (non-hydrogen) atoms. The lowest BCUT2D eigenvalue weighted by Gasteiger charge is -2.26. The lowest BCUT2D eigenvalue weighted by atomic mass is 10.2. The number of hydrogen-bond donors (Lipinski definition) is 2. The second-order valence-electron chi connectivity index (χ2n) is 5.96. The van der Waals surface area contributed by atoms with Crippen LogP contribution in [0.25, 0.3) is 0 Å². The molecule has 1 aromatic rings. The molecule has 0 spiro atoms. The number of rotatable bonds is 9. The first-order chi connectivity index (χ1) is 12.1. The van der Waals surface area contributed by atoms with Crippen LogP contribution in [0.1, 0.15) is 29.6 Å². The molecule has 2 N–H and O–H groups in total. The summed E-state index contributed by atoms with van der Waals surface area (Å²) in [4.78, 5) is 12.5. The molecule has 1 amide bonds. The summed E-state index contributed by atoms with van der Waals surface area (Å²) in [7, 11) is -2.01. The van der Waals surface area contributed by atoms with Gasteiger partial charge in [-0.15, -0.1) is 12.4 Å². The van der Waals surface area contributed by atoms with E-state index in [-0.39, 0.29) is 28.8 Å². The molecular weight excluding hydrogens is 378 g/mol. The number of amides is 1. The van der Waals surface area contributed by atoms with Gasteiger partial charge in [0, 0.05) is 39.8 Å². The number of halogens is 1. The maximum Gasteiger partial charge on any atom is 0.252 e. The van der Waals surface area contributed by atoms with Gasteiger partial charge < -0.3 is 15.4 Å². The minimum atomic E-state index is -3.64. The van der Waals surface area contributed by atoms with Crippen LogP contribution in [-0.4, -0.2) is 65.1 Å². The Morgan fingerprint density at radius 3 is 2.50 bits per heavy atom. The molecule has 1 heterocycles. The van der Waals surface area contributed by atoms with E-state index in [0.29, 0.717) is 39.3 Å². The lowest BCUT2D eigenvalue weighted by Crippen LogP contribution is -2.38. The first kappa shape index (κ1) is 22.9. The van der Waals surface area contributed by atoms with Crippen molar-refractivity contribution in [2.24, 2.45) is 0 Å². The Bertz CT molecular complexity index is 664. The summed E-state index contributed by atoms with van der Waals surface area (Å²) in [6.45, 7) is 3.34. The van der Waals surface area contributed by atoms with E-state index in [1.165, 1.54) is 10.4 Å². The maximum absolute atomic E-state index is 12.9. The van der Waals surface area contributed by atoms with Gasteiger partial charge in [-0.25, -0.2) is 8.42 Å². The molecule has 1 aliphatic heterocycles. The predicted octanol–water partition coefficient (Wildman–Crippen LogP) is 1.25. The Labute approximate surface area is 161 Å². The summed E-state index contributed by atoms with van der Waals surface area (Å²) in [6.07, 6.45) is 2.77. The molecule has 0 bridgehead atoms. The fourth-order valence-corrected chi connectivity index (χ4v) is 4.49. The third-order valence-electron chi connectivity index (χ3n) is 4.13. The Morgan fingerprint density at radius 2 is 1.81 bits per heavy atom. The molecule has 0 radical (unpaired) electrons. The van der Waals surface area contributed by atoms with Crippen molar-refractivity contribution in [1.82, 2.24) is 14.9 Å². The van der Waals surface area contributed by atoms with Crippen molar-refractivity contribution in [2.45, 2.75) is 24.2 Å². The number of methoxy groups -OCH3 is 1. The van der Waals surface area contributed by atoms with Crippen LogP contribution >= 0.6 is 12.4 Å². The van der Waals surface area contributed by atoms with Crippen molar-refractivity contribution < 1.29 is 17.9 Å². The zero-order chi connectivity index (χ0) is 18.1. The van der Waals surface area contributed by atoms with E-state index >= 15 is 0 Å². The highest BCUT2D eigenvalue weighted by molar-refractivity contribution is 7.89. The van der Waals surface area contributed by atoms with Crippen molar-refractivity contribution in [2.75, 3.05) is 46.4 Å². The number of piperidine rings is 1. The van der Waals surface area contributed by atoms with Gasteiger partial charge in [0.05, 0.1) is 17.1 Å². The van der Waals surface area contributed by atoms with Gasteiger partial charge in [-0.2, -0.15) is 4.31 Å². The fraction of sp³-hybridized carbons (Fsp3) is 0.588. The van der Waals surface area contributed by atoms with E-state index in [4.69, 9.17) is 4.74 Å². The van der Waals surface area contributed by atoms with E-state index in [1.807, 2.05) is 0 Å². The van der Waals surface area contributed by atoms with E-state index < -0.39 is 10.0 Å². The van der Waals surface area contributed by atoms with Gasteiger partial charge in [-0.05, 0) is 25.0 Å². The van der Waals surface area contributed by atoms with E-state index in [2.05, 4.69) is 10.6 Å². The molecule has 1 saturated heterocycles. The molecule has 0 aliphatic carbocycles. The number of carbonyl (C=O) groups excluding carboxylic acids is 1. The monoisotopic (exact) mass is 405 g/mol. The SMILES string of the molecule is COCCNCCNC(=O)c1ccccc1S(=O)(=O)N1CCCCC1.Cl. The molecule has 0 aromatic heterocycles. The molecule has 1 aliphatic rings. The van der Waals surface area contributed by atoms with Gasteiger partial charge in [-0.3, -0.25) is 4.79 Å². The Morgan fingerprint density at radius 1 is 1.12 bits per heavy atom. The molecule has 0 unspecified atom stereocenters. The molecular formula is C17H28ClN3O4S. The van der Waals surface area contributed by atoms with Gasteiger partial charge in [0.25, 0.3) is 5.91 Å². The second kappa shape index (κ2) is 11.5. The molecule has 1 aromatic carbocycles. The lowest BCUT2D eigenvalue weighted by molar-refractivity contribution is 0.0950. The zero-order valence-electron chi connectivity index (χ0n) is 15.1. The zero-order valence-corrected chi connectivity index (χ0v) is 16.7. The Hall–Kier alpha value is -1.19. The van der Waals surface area contributed by atoms with Gasteiger partial charge in [-0.1, -0.05) is 18.6 Å². The van der Waals surface area contributed by atoms with Crippen LogP contribution in [0.2, 0.25) is 0 Å². The third kappa shape index (κ3) is 6.21. The van der Waals surface area contributed by atoms with Crippen molar-refractivity contribution in [3.05, 3.63) is 29.8 Å². The van der Waals surface area contributed by atoms with Gasteiger partial charge in [0.1, 0.15) is 0 Å². The first-order valence-electron chi connectivity index (χ1n) is 8.64. The van der Waals surface area contributed by atoms with Crippen molar-refractivity contribution in [1.29, 1.82) is 0 Å². The van der Waals surface area contributed by atoms with Gasteiger partial charge in [0.15, 0.2) is 0 Å². The first-order valence-corrected chi connectivity index (χ1v) is 10.1. The highest BCUT2D eigenvalue weighted by Crippen LogP contribution is 2.23. The normalized spacial score (nSPS) is 15.3. The number of hydrogen-bond acceptors (Lipinski definition) is 5. The van der Waals surface area contributed by atoms with Crippen LogP contribution in [0.3, 0.4) is 0 Å². The quantitative estimate of drug-likeness (QED) is 0.604. The minimum absolute atomic E-state index is 0. The van der Waals surface area contributed by atoms with E-state index in [9.17, 15) is 13.2 Å². The maximum atomic E-state index is 12.9. The summed E-state index contributed by atoms with van der Waals surface area (Å²) >= 11 is 0. The van der Waals surface area contributed by atoms with Crippen LogP contribution < -0.4 is 10.6 Å². The summed E-state index contributed by atoms with van der Waals surface area (Å²) < 4.78 is 32.2.